The summed E-state index contributed by atoms with van der Waals surface area (Å²) in [6.07, 6.45) is 0. The summed E-state index contributed by atoms with van der Waals surface area (Å²) >= 11 is 3.29. The standard InChI is InChI=1S/C12H11BrFN3/c1-6-3-8(5-9(14)4-6)12-16-7(2)10(13)11(15)17-12/h3-5H,1-2H3,(H2,15,16,17). The normalized spacial score (nSPS) is 10.6. The molecule has 1 aromatic carbocycles. The lowest BCUT2D eigenvalue weighted by Crippen LogP contribution is -2.00. The SMILES string of the molecule is Cc1cc(F)cc(-c2nc(C)c(Br)c(N)n2)c1. The van der Waals surface area contributed by atoms with Gasteiger partial charge in [0.25, 0.3) is 0 Å². The minimum Gasteiger partial charge on any atom is -0.383 e. The monoisotopic (exact) mass is 295 g/mol. The number of nitrogens with zero attached hydrogens (tertiary/aromatic N) is 2. The van der Waals surface area contributed by atoms with Crippen LogP contribution in [0.15, 0.2) is 22.7 Å². The van der Waals surface area contributed by atoms with Crippen LogP contribution in [0.3, 0.4) is 0 Å². The first-order valence-electron chi connectivity index (χ1n) is 5.04. The van der Waals surface area contributed by atoms with Crippen LogP contribution in [0.25, 0.3) is 11.4 Å². The zero-order valence-corrected chi connectivity index (χ0v) is 11.0. The molecular formula is C12H11BrFN3. The number of hydrogen-bond donors (Lipinski definition) is 1. The highest BCUT2D eigenvalue weighted by molar-refractivity contribution is 9.10. The van der Waals surface area contributed by atoms with Gasteiger partial charge in [0.2, 0.25) is 0 Å². The van der Waals surface area contributed by atoms with Crippen molar-refractivity contribution in [3.05, 3.63) is 39.7 Å². The van der Waals surface area contributed by atoms with Gasteiger partial charge in [-0.3, -0.25) is 0 Å². The summed E-state index contributed by atoms with van der Waals surface area (Å²) in [5, 5.41) is 0. The van der Waals surface area contributed by atoms with Crippen molar-refractivity contribution in [3.8, 4) is 11.4 Å². The van der Waals surface area contributed by atoms with Gasteiger partial charge in [-0.25, -0.2) is 14.4 Å². The van der Waals surface area contributed by atoms with Gasteiger partial charge >= 0.3 is 0 Å². The number of anilines is 1. The molecule has 88 valence electrons. The summed E-state index contributed by atoms with van der Waals surface area (Å²) in [7, 11) is 0. The van der Waals surface area contributed by atoms with Crippen LogP contribution < -0.4 is 5.73 Å². The van der Waals surface area contributed by atoms with Crippen LogP contribution >= 0.6 is 15.9 Å². The van der Waals surface area contributed by atoms with E-state index in [-0.39, 0.29) is 5.82 Å². The molecule has 0 aliphatic rings. The van der Waals surface area contributed by atoms with Gasteiger partial charge in [0.1, 0.15) is 11.6 Å². The number of rotatable bonds is 1. The smallest absolute Gasteiger partial charge is 0.161 e. The third-order valence-corrected chi connectivity index (χ3v) is 3.32. The lowest BCUT2D eigenvalue weighted by molar-refractivity contribution is 0.627. The summed E-state index contributed by atoms with van der Waals surface area (Å²) in [6, 6.07) is 4.68. The number of aryl methyl sites for hydroxylation is 2. The van der Waals surface area contributed by atoms with Gasteiger partial charge in [-0.1, -0.05) is 0 Å². The lowest BCUT2D eigenvalue weighted by Gasteiger charge is -2.06. The second kappa shape index (κ2) is 4.41. The summed E-state index contributed by atoms with van der Waals surface area (Å²) in [5.41, 5.74) is 7.93. The molecule has 0 saturated carbocycles. The zero-order valence-electron chi connectivity index (χ0n) is 9.46. The molecule has 2 N–H and O–H groups in total. The maximum atomic E-state index is 13.3. The zero-order chi connectivity index (χ0) is 12.6. The van der Waals surface area contributed by atoms with Gasteiger partial charge in [0, 0.05) is 5.56 Å². The summed E-state index contributed by atoms with van der Waals surface area (Å²) < 4.78 is 14.0. The van der Waals surface area contributed by atoms with Crippen LogP contribution in [0.1, 0.15) is 11.3 Å². The molecule has 0 unspecified atom stereocenters. The van der Waals surface area contributed by atoms with Crippen LogP contribution in [0.5, 0.6) is 0 Å². The fourth-order valence-corrected chi connectivity index (χ4v) is 1.75. The van der Waals surface area contributed by atoms with Crippen molar-refractivity contribution >= 4 is 21.7 Å². The Morgan fingerprint density at radius 2 is 1.88 bits per heavy atom. The van der Waals surface area contributed by atoms with Crippen molar-refractivity contribution in [2.75, 3.05) is 5.73 Å². The molecule has 0 radical (unpaired) electrons. The van der Waals surface area contributed by atoms with E-state index in [1.54, 1.807) is 0 Å². The molecule has 0 saturated heterocycles. The van der Waals surface area contributed by atoms with E-state index < -0.39 is 0 Å². The fourth-order valence-electron chi connectivity index (χ4n) is 1.58. The molecule has 2 aromatic rings. The molecule has 5 heteroatoms. The van der Waals surface area contributed by atoms with Crippen molar-refractivity contribution in [1.29, 1.82) is 0 Å². The fraction of sp³-hybridized carbons (Fsp3) is 0.167. The first-order valence-corrected chi connectivity index (χ1v) is 5.84. The minimum absolute atomic E-state index is 0.303. The average molecular weight is 296 g/mol. The van der Waals surface area contributed by atoms with Crippen LogP contribution in [0, 0.1) is 19.7 Å². The molecule has 1 heterocycles. The predicted octanol–water partition coefficient (Wildman–Crippen LogP) is 3.24. The highest BCUT2D eigenvalue weighted by atomic mass is 79.9. The van der Waals surface area contributed by atoms with Crippen molar-refractivity contribution < 1.29 is 4.39 Å². The van der Waals surface area contributed by atoms with E-state index in [2.05, 4.69) is 25.9 Å². The van der Waals surface area contributed by atoms with Crippen LogP contribution in [0.2, 0.25) is 0 Å². The molecule has 0 aliphatic heterocycles. The van der Waals surface area contributed by atoms with E-state index in [0.717, 1.165) is 11.3 Å². The third kappa shape index (κ3) is 2.44. The first kappa shape index (κ1) is 12.0. The van der Waals surface area contributed by atoms with Crippen LogP contribution in [-0.2, 0) is 0 Å². The third-order valence-electron chi connectivity index (χ3n) is 2.34. The highest BCUT2D eigenvalue weighted by Gasteiger charge is 2.09. The van der Waals surface area contributed by atoms with Gasteiger partial charge in [0.15, 0.2) is 5.82 Å². The quantitative estimate of drug-likeness (QED) is 0.879. The molecule has 0 spiro atoms. The Morgan fingerprint density at radius 3 is 2.47 bits per heavy atom. The van der Waals surface area contributed by atoms with Crippen LogP contribution in [0.4, 0.5) is 10.2 Å². The number of hydrogen-bond acceptors (Lipinski definition) is 3. The maximum Gasteiger partial charge on any atom is 0.161 e. The van der Waals surface area contributed by atoms with Crippen LogP contribution in [-0.4, -0.2) is 9.97 Å². The Morgan fingerprint density at radius 1 is 1.18 bits per heavy atom. The van der Waals surface area contributed by atoms with Gasteiger partial charge in [-0.2, -0.15) is 0 Å². The predicted molar refractivity (Wildman–Crippen MR) is 69.0 cm³/mol. The Hall–Kier alpha value is -1.49. The molecule has 2 rings (SSSR count). The lowest BCUT2D eigenvalue weighted by atomic mass is 10.1. The Kier molecular flexibility index (Phi) is 3.11. The number of nitrogen functional groups attached to an aromatic ring is 1. The Labute approximate surface area is 107 Å². The summed E-state index contributed by atoms with van der Waals surface area (Å²) in [5.74, 6) is 0.489. The van der Waals surface area contributed by atoms with Gasteiger partial charge in [-0.15, -0.1) is 0 Å². The van der Waals surface area contributed by atoms with Gasteiger partial charge in [0.05, 0.1) is 10.2 Å². The van der Waals surface area contributed by atoms with E-state index in [1.165, 1.54) is 12.1 Å². The summed E-state index contributed by atoms with van der Waals surface area (Å²) in [4.78, 5) is 8.42. The number of benzene rings is 1. The van der Waals surface area contributed by atoms with E-state index in [9.17, 15) is 4.39 Å². The minimum atomic E-state index is -0.303. The molecule has 17 heavy (non-hydrogen) atoms. The molecule has 3 nitrogen and oxygen atoms in total. The number of nitrogens with two attached hydrogens (primary N) is 1. The molecular weight excluding hydrogens is 285 g/mol. The number of aromatic nitrogens is 2. The van der Waals surface area contributed by atoms with E-state index >= 15 is 0 Å². The van der Waals surface area contributed by atoms with Gasteiger partial charge < -0.3 is 5.73 Å². The Balaban J connectivity index is 2.60. The van der Waals surface area contributed by atoms with Crippen molar-refractivity contribution in [1.82, 2.24) is 9.97 Å². The molecule has 0 aliphatic carbocycles. The summed E-state index contributed by atoms with van der Waals surface area (Å²) in [6.45, 7) is 3.64. The molecule has 1 aromatic heterocycles. The largest absolute Gasteiger partial charge is 0.383 e. The van der Waals surface area contributed by atoms with Crippen molar-refractivity contribution in [2.45, 2.75) is 13.8 Å². The van der Waals surface area contributed by atoms with E-state index in [4.69, 9.17) is 5.73 Å². The molecule has 0 bridgehead atoms. The first-order chi connectivity index (χ1) is 7.97. The molecule has 0 amide bonds. The topological polar surface area (TPSA) is 51.8 Å². The molecule has 0 atom stereocenters. The van der Waals surface area contributed by atoms with E-state index in [0.29, 0.717) is 21.7 Å². The Bertz CT molecular complexity index is 541. The maximum absolute atomic E-state index is 13.3. The second-order valence-electron chi connectivity index (χ2n) is 3.85. The second-order valence-corrected chi connectivity index (χ2v) is 4.64. The number of halogens is 2. The van der Waals surface area contributed by atoms with Crippen molar-refractivity contribution in [2.24, 2.45) is 0 Å². The van der Waals surface area contributed by atoms with Crippen molar-refractivity contribution in [3.63, 3.8) is 0 Å². The van der Waals surface area contributed by atoms with E-state index in [1.807, 2.05) is 19.9 Å². The average Bonchev–Trinajstić information content (AvgIpc) is 2.23. The molecule has 0 fully saturated rings. The highest BCUT2D eigenvalue weighted by Crippen LogP contribution is 2.25. The van der Waals surface area contributed by atoms with Gasteiger partial charge in [-0.05, 0) is 53.5 Å².